The summed E-state index contributed by atoms with van der Waals surface area (Å²) in [6.45, 7) is 4.50. The van der Waals surface area contributed by atoms with Crippen LogP contribution >= 0.6 is 22.6 Å². The fourth-order valence-electron chi connectivity index (χ4n) is 2.19. The summed E-state index contributed by atoms with van der Waals surface area (Å²) in [5.41, 5.74) is 3.07. The second-order valence-corrected chi connectivity index (χ2v) is 6.22. The maximum Gasteiger partial charge on any atom is 0.272 e. The molecule has 2 aromatic carbocycles. The van der Waals surface area contributed by atoms with Crippen LogP contribution in [0, 0.1) is 20.6 Å². The first-order valence-corrected chi connectivity index (χ1v) is 7.78. The molecule has 0 heterocycles. The summed E-state index contributed by atoms with van der Waals surface area (Å²) in [7, 11) is 0. The number of nitro groups is 1. The molecular weight excluding hydrogens is 379 g/mol. The number of benzene rings is 2. The van der Waals surface area contributed by atoms with Crippen molar-refractivity contribution in [1.29, 1.82) is 0 Å². The third-order valence-corrected chi connectivity index (χ3v) is 4.30. The Labute approximate surface area is 137 Å². The van der Waals surface area contributed by atoms with Gasteiger partial charge in [-0.25, -0.2) is 0 Å². The van der Waals surface area contributed by atoms with Crippen molar-refractivity contribution in [2.24, 2.45) is 0 Å². The summed E-state index contributed by atoms with van der Waals surface area (Å²) in [5, 5.41) is 14.4. The largest absolute Gasteiger partial charge is 0.306 e. The molecule has 0 amide bonds. The predicted octanol–water partition coefficient (Wildman–Crippen LogP) is 4.36. The molecule has 0 saturated heterocycles. The van der Waals surface area contributed by atoms with Crippen molar-refractivity contribution in [3.8, 4) is 0 Å². The topological polar surface area (TPSA) is 55.2 Å². The molecule has 0 aliphatic heterocycles. The van der Waals surface area contributed by atoms with Crippen LogP contribution in [-0.2, 0) is 6.54 Å². The molecule has 21 heavy (non-hydrogen) atoms. The molecule has 0 bridgehead atoms. The summed E-state index contributed by atoms with van der Waals surface area (Å²) in [6, 6.07) is 13.7. The van der Waals surface area contributed by atoms with E-state index in [0.717, 1.165) is 11.1 Å². The molecule has 0 saturated carbocycles. The van der Waals surface area contributed by atoms with Crippen molar-refractivity contribution in [2.45, 2.75) is 26.4 Å². The van der Waals surface area contributed by atoms with Gasteiger partial charge in [-0.1, -0.05) is 24.3 Å². The van der Waals surface area contributed by atoms with E-state index in [-0.39, 0.29) is 16.7 Å². The van der Waals surface area contributed by atoms with E-state index in [1.165, 1.54) is 9.13 Å². The quantitative estimate of drug-likeness (QED) is 0.464. The van der Waals surface area contributed by atoms with Crippen molar-refractivity contribution in [3.63, 3.8) is 0 Å². The zero-order chi connectivity index (χ0) is 15.4. The normalized spacial score (nSPS) is 12.1. The Morgan fingerprint density at radius 3 is 2.52 bits per heavy atom. The molecule has 0 aliphatic rings. The Balaban J connectivity index is 2.08. The highest BCUT2D eigenvalue weighted by Crippen LogP contribution is 2.22. The summed E-state index contributed by atoms with van der Waals surface area (Å²) in [6.07, 6.45) is 0. The van der Waals surface area contributed by atoms with Crippen LogP contribution in [0.5, 0.6) is 0 Å². The van der Waals surface area contributed by atoms with Crippen LogP contribution < -0.4 is 5.32 Å². The van der Waals surface area contributed by atoms with Gasteiger partial charge in [0.05, 0.1) is 4.92 Å². The summed E-state index contributed by atoms with van der Waals surface area (Å²) in [5.74, 6) is 0. The van der Waals surface area contributed by atoms with Gasteiger partial charge in [-0.05, 0) is 59.7 Å². The number of halogens is 1. The first-order valence-electron chi connectivity index (χ1n) is 6.70. The van der Waals surface area contributed by atoms with Gasteiger partial charge in [0, 0.05) is 27.8 Å². The zero-order valence-corrected chi connectivity index (χ0v) is 14.1. The number of rotatable bonds is 5. The van der Waals surface area contributed by atoms with Crippen LogP contribution in [0.15, 0.2) is 42.5 Å². The van der Waals surface area contributed by atoms with E-state index in [9.17, 15) is 10.1 Å². The zero-order valence-electron chi connectivity index (χ0n) is 12.0. The van der Waals surface area contributed by atoms with Crippen LogP contribution in [0.4, 0.5) is 5.69 Å². The van der Waals surface area contributed by atoms with Crippen molar-refractivity contribution in [2.75, 3.05) is 0 Å². The maximum atomic E-state index is 10.9. The molecule has 1 N–H and O–H groups in total. The standard InChI is InChI=1S/C16H17IN2O2/c1-11-14(4-3-5-16(11)19(20)21)10-18-12(2)13-6-8-15(17)9-7-13/h3-9,12,18H,10H2,1-2H3. The molecule has 5 heteroatoms. The monoisotopic (exact) mass is 396 g/mol. The van der Waals surface area contributed by atoms with Crippen LogP contribution in [-0.4, -0.2) is 4.92 Å². The van der Waals surface area contributed by atoms with Gasteiger partial charge in [0.1, 0.15) is 0 Å². The molecule has 4 nitrogen and oxygen atoms in total. The van der Waals surface area contributed by atoms with E-state index in [4.69, 9.17) is 0 Å². The average molecular weight is 396 g/mol. The van der Waals surface area contributed by atoms with Crippen LogP contribution in [0.1, 0.15) is 29.7 Å². The first-order chi connectivity index (χ1) is 9.99. The molecule has 0 fully saturated rings. The summed E-state index contributed by atoms with van der Waals surface area (Å²) < 4.78 is 1.21. The van der Waals surface area contributed by atoms with E-state index < -0.39 is 0 Å². The second kappa shape index (κ2) is 7.00. The minimum Gasteiger partial charge on any atom is -0.306 e. The van der Waals surface area contributed by atoms with Crippen molar-refractivity contribution < 1.29 is 4.92 Å². The van der Waals surface area contributed by atoms with E-state index in [1.807, 2.05) is 6.07 Å². The second-order valence-electron chi connectivity index (χ2n) is 4.97. The Hall–Kier alpha value is -1.47. The Kier molecular flexibility index (Phi) is 5.30. The highest BCUT2D eigenvalue weighted by molar-refractivity contribution is 14.1. The molecule has 110 valence electrons. The number of hydrogen-bond acceptors (Lipinski definition) is 3. The van der Waals surface area contributed by atoms with Crippen LogP contribution in [0.2, 0.25) is 0 Å². The van der Waals surface area contributed by atoms with Crippen LogP contribution in [0.3, 0.4) is 0 Å². The van der Waals surface area contributed by atoms with Crippen molar-refractivity contribution in [1.82, 2.24) is 5.32 Å². The molecule has 2 rings (SSSR count). The lowest BCUT2D eigenvalue weighted by atomic mass is 10.1. The lowest BCUT2D eigenvalue weighted by Gasteiger charge is -2.15. The lowest BCUT2D eigenvalue weighted by molar-refractivity contribution is -0.385. The number of hydrogen-bond donors (Lipinski definition) is 1. The Bertz CT molecular complexity index is 641. The molecular formula is C16H17IN2O2. The molecule has 0 aromatic heterocycles. The van der Waals surface area contributed by atoms with E-state index in [1.54, 1.807) is 19.1 Å². The molecule has 2 aromatic rings. The van der Waals surface area contributed by atoms with Gasteiger partial charge in [0.25, 0.3) is 5.69 Å². The molecule has 1 atom stereocenters. The fourth-order valence-corrected chi connectivity index (χ4v) is 2.55. The molecule has 0 radical (unpaired) electrons. The van der Waals surface area contributed by atoms with Gasteiger partial charge >= 0.3 is 0 Å². The number of nitro benzene ring substituents is 1. The Morgan fingerprint density at radius 1 is 1.24 bits per heavy atom. The van der Waals surface area contributed by atoms with E-state index in [0.29, 0.717) is 6.54 Å². The van der Waals surface area contributed by atoms with E-state index in [2.05, 4.69) is 59.1 Å². The maximum absolute atomic E-state index is 10.9. The van der Waals surface area contributed by atoms with E-state index >= 15 is 0 Å². The van der Waals surface area contributed by atoms with Gasteiger partial charge in [0.15, 0.2) is 0 Å². The predicted molar refractivity (Wildman–Crippen MR) is 92.2 cm³/mol. The molecule has 0 aliphatic carbocycles. The fraction of sp³-hybridized carbons (Fsp3) is 0.250. The van der Waals surface area contributed by atoms with Gasteiger partial charge < -0.3 is 5.32 Å². The van der Waals surface area contributed by atoms with Gasteiger partial charge in [-0.15, -0.1) is 0 Å². The molecule has 0 spiro atoms. The average Bonchev–Trinajstić information content (AvgIpc) is 2.46. The van der Waals surface area contributed by atoms with Crippen molar-refractivity contribution in [3.05, 3.63) is 72.8 Å². The lowest BCUT2D eigenvalue weighted by Crippen LogP contribution is -2.18. The van der Waals surface area contributed by atoms with Crippen LogP contribution in [0.25, 0.3) is 0 Å². The summed E-state index contributed by atoms with van der Waals surface area (Å²) >= 11 is 2.28. The highest BCUT2D eigenvalue weighted by Gasteiger charge is 2.13. The molecule has 1 unspecified atom stereocenters. The van der Waals surface area contributed by atoms with Crippen molar-refractivity contribution >= 4 is 28.3 Å². The Morgan fingerprint density at radius 2 is 1.90 bits per heavy atom. The highest BCUT2D eigenvalue weighted by atomic mass is 127. The third kappa shape index (κ3) is 4.01. The van der Waals surface area contributed by atoms with Gasteiger partial charge in [-0.2, -0.15) is 0 Å². The first kappa shape index (κ1) is 15.9. The smallest absolute Gasteiger partial charge is 0.272 e. The third-order valence-electron chi connectivity index (χ3n) is 3.58. The minimum atomic E-state index is -0.332. The minimum absolute atomic E-state index is 0.177. The number of nitrogens with zero attached hydrogens (tertiary/aromatic N) is 1. The summed E-state index contributed by atoms with van der Waals surface area (Å²) in [4.78, 5) is 10.6. The number of nitrogens with one attached hydrogen (secondary N) is 1. The van der Waals surface area contributed by atoms with Gasteiger partial charge in [0.2, 0.25) is 0 Å². The van der Waals surface area contributed by atoms with Gasteiger partial charge in [-0.3, -0.25) is 10.1 Å². The SMILES string of the molecule is Cc1c(CNC(C)c2ccc(I)cc2)cccc1[N+](=O)[O-].